The fourth-order valence-corrected chi connectivity index (χ4v) is 0.969. The van der Waals surface area contributed by atoms with Gasteiger partial charge in [0, 0.05) is 7.11 Å². The van der Waals surface area contributed by atoms with Crippen LogP contribution in [0.4, 0.5) is 0 Å². The Morgan fingerprint density at radius 2 is 2.46 bits per heavy atom. The largest absolute Gasteiger partial charge is 0.387 e. The van der Waals surface area contributed by atoms with Crippen molar-refractivity contribution in [2.75, 3.05) is 13.7 Å². The van der Waals surface area contributed by atoms with E-state index >= 15 is 0 Å². The molecular weight excluding hydrogens is 170 g/mol. The Kier molecular flexibility index (Phi) is 3.85. The minimum absolute atomic E-state index is 0.503. The molecule has 74 valence electrons. The lowest BCUT2D eigenvalue weighted by Gasteiger charge is -2.00. The Balaban J connectivity index is 2.53. The van der Waals surface area contributed by atoms with E-state index in [1.807, 2.05) is 6.92 Å². The summed E-state index contributed by atoms with van der Waals surface area (Å²) in [4.78, 5) is 0. The van der Waals surface area contributed by atoms with Crippen LogP contribution in [0.1, 0.15) is 25.1 Å². The molecule has 5 heteroatoms. The van der Waals surface area contributed by atoms with Crippen molar-refractivity contribution in [3.05, 3.63) is 11.9 Å². The molecule has 0 fully saturated rings. The van der Waals surface area contributed by atoms with Crippen LogP contribution in [-0.2, 0) is 11.3 Å². The Hall–Kier alpha value is -0.940. The number of hydrogen-bond donors (Lipinski definition) is 1. The van der Waals surface area contributed by atoms with Gasteiger partial charge in [-0.25, -0.2) is 4.68 Å². The molecule has 1 N–H and O–H groups in total. The number of aliphatic hydroxyl groups is 1. The van der Waals surface area contributed by atoms with Crippen LogP contribution in [0, 0.1) is 0 Å². The predicted octanol–water partition coefficient (Wildman–Crippen LogP) is 0.368. The fraction of sp³-hybridized carbons (Fsp3) is 0.750. The summed E-state index contributed by atoms with van der Waals surface area (Å²) in [7, 11) is 1.64. The third kappa shape index (κ3) is 2.78. The Labute approximate surface area is 77.3 Å². The highest BCUT2D eigenvalue weighted by Crippen LogP contribution is 2.11. The van der Waals surface area contributed by atoms with E-state index in [1.54, 1.807) is 18.0 Å². The first-order valence-corrected chi connectivity index (χ1v) is 4.35. The van der Waals surface area contributed by atoms with Gasteiger partial charge in [0.2, 0.25) is 0 Å². The van der Waals surface area contributed by atoms with Crippen LogP contribution in [0.3, 0.4) is 0 Å². The average molecular weight is 185 g/mol. The van der Waals surface area contributed by atoms with Gasteiger partial charge >= 0.3 is 0 Å². The Morgan fingerprint density at radius 3 is 3.08 bits per heavy atom. The number of aliphatic hydroxyl groups excluding tert-OH is 1. The van der Waals surface area contributed by atoms with Crippen LogP contribution in [-0.4, -0.2) is 33.8 Å². The molecule has 0 amide bonds. The zero-order valence-corrected chi connectivity index (χ0v) is 7.97. The normalized spacial score (nSPS) is 13.2. The second-order valence-electron chi connectivity index (χ2n) is 2.82. The Bertz CT molecular complexity index is 249. The molecule has 0 aliphatic rings. The zero-order chi connectivity index (χ0) is 9.68. The van der Waals surface area contributed by atoms with Crippen molar-refractivity contribution < 1.29 is 9.84 Å². The van der Waals surface area contributed by atoms with Gasteiger partial charge in [-0.1, -0.05) is 12.1 Å². The van der Waals surface area contributed by atoms with Gasteiger partial charge in [-0.2, -0.15) is 0 Å². The van der Waals surface area contributed by atoms with Gasteiger partial charge in [0.25, 0.3) is 0 Å². The maximum Gasteiger partial charge on any atom is 0.111 e. The molecule has 0 bridgehead atoms. The van der Waals surface area contributed by atoms with E-state index in [0.717, 1.165) is 0 Å². The summed E-state index contributed by atoms with van der Waals surface area (Å²) in [5.41, 5.74) is 0.624. The summed E-state index contributed by atoms with van der Waals surface area (Å²) in [6.07, 6.45) is 1.90. The van der Waals surface area contributed by atoms with Crippen molar-refractivity contribution in [2.24, 2.45) is 0 Å². The molecule has 0 aromatic carbocycles. The lowest BCUT2D eigenvalue weighted by molar-refractivity contribution is 0.168. The lowest BCUT2D eigenvalue weighted by Crippen LogP contribution is -2.04. The molecule has 0 saturated heterocycles. The standard InChI is InChI=1S/C8H15N3O2/c1-3-8(12)7-6-11(10-9-7)4-5-13-2/h6,8,12H,3-5H2,1-2H3. The number of nitrogens with zero attached hydrogens (tertiary/aromatic N) is 3. The third-order valence-electron chi connectivity index (χ3n) is 1.81. The van der Waals surface area contributed by atoms with Crippen molar-refractivity contribution in [3.63, 3.8) is 0 Å². The van der Waals surface area contributed by atoms with E-state index in [-0.39, 0.29) is 0 Å². The lowest BCUT2D eigenvalue weighted by atomic mass is 10.2. The van der Waals surface area contributed by atoms with E-state index in [0.29, 0.717) is 25.3 Å². The zero-order valence-electron chi connectivity index (χ0n) is 7.97. The van der Waals surface area contributed by atoms with Crippen LogP contribution in [0.15, 0.2) is 6.20 Å². The summed E-state index contributed by atoms with van der Waals surface area (Å²) in [5.74, 6) is 0. The molecule has 1 aromatic rings. The monoisotopic (exact) mass is 185 g/mol. The van der Waals surface area contributed by atoms with Crippen molar-refractivity contribution >= 4 is 0 Å². The van der Waals surface area contributed by atoms with Crippen molar-refractivity contribution in [1.29, 1.82) is 0 Å². The SMILES string of the molecule is CCC(O)c1cn(CCOC)nn1. The number of methoxy groups -OCH3 is 1. The number of ether oxygens (including phenoxy) is 1. The van der Waals surface area contributed by atoms with Crippen LogP contribution in [0.25, 0.3) is 0 Å². The smallest absolute Gasteiger partial charge is 0.111 e. The van der Waals surface area contributed by atoms with E-state index in [2.05, 4.69) is 10.3 Å². The van der Waals surface area contributed by atoms with Crippen LogP contribution < -0.4 is 0 Å². The maximum absolute atomic E-state index is 9.42. The highest BCUT2D eigenvalue weighted by atomic mass is 16.5. The number of aromatic nitrogens is 3. The molecule has 1 rings (SSSR count). The van der Waals surface area contributed by atoms with Crippen molar-refractivity contribution in [2.45, 2.75) is 26.0 Å². The van der Waals surface area contributed by atoms with Crippen LogP contribution in [0.2, 0.25) is 0 Å². The molecule has 1 atom stereocenters. The summed E-state index contributed by atoms with van der Waals surface area (Å²) in [5, 5.41) is 17.1. The van der Waals surface area contributed by atoms with Crippen LogP contribution in [0.5, 0.6) is 0 Å². The van der Waals surface area contributed by atoms with E-state index in [9.17, 15) is 5.11 Å². The van der Waals surface area contributed by atoms with Gasteiger partial charge in [0.15, 0.2) is 0 Å². The maximum atomic E-state index is 9.42. The van der Waals surface area contributed by atoms with E-state index in [1.165, 1.54) is 0 Å². The van der Waals surface area contributed by atoms with Gasteiger partial charge in [0.05, 0.1) is 25.5 Å². The van der Waals surface area contributed by atoms with E-state index < -0.39 is 6.10 Å². The molecule has 0 saturated carbocycles. The van der Waals surface area contributed by atoms with Crippen molar-refractivity contribution in [3.8, 4) is 0 Å². The highest BCUT2D eigenvalue weighted by Gasteiger charge is 2.08. The topological polar surface area (TPSA) is 60.2 Å². The molecule has 1 aromatic heterocycles. The molecule has 5 nitrogen and oxygen atoms in total. The minimum atomic E-state index is -0.503. The van der Waals surface area contributed by atoms with Gasteiger partial charge in [-0.05, 0) is 6.42 Å². The molecule has 0 spiro atoms. The predicted molar refractivity (Wildman–Crippen MR) is 47.1 cm³/mol. The first-order valence-electron chi connectivity index (χ1n) is 4.35. The molecule has 0 radical (unpaired) electrons. The highest BCUT2D eigenvalue weighted by molar-refractivity contribution is 4.96. The second-order valence-corrected chi connectivity index (χ2v) is 2.82. The van der Waals surface area contributed by atoms with E-state index in [4.69, 9.17) is 4.74 Å². The third-order valence-corrected chi connectivity index (χ3v) is 1.81. The van der Waals surface area contributed by atoms with Crippen LogP contribution >= 0.6 is 0 Å². The second kappa shape index (κ2) is 4.94. The first-order chi connectivity index (χ1) is 6.27. The summed E-state index contributed by atoms with van der Waals surface area (Å²) in [6.45, 7) is 3.17. The van der Waals surface area contributed by atoms with Crippen molar-refractivity contribution in [1.82, 2.24) is 15.0 Å². The summed E-state index contributed by atoms with van der Waals surface area (Å²) < 4.78 is 6.56. The number of rotatable bonds is 5. The quantitative estimate of drug-likeness (QED) is 0.720. The minimum Gasteiger partial charge on any atom is -0.387 e. The molecule has 13 heavy (non-hydrogen) atoms. The Morgan fingerprint density at radius 1 is 1.69 bits per heavy atom. The number of hydrogen-bond acceptors (Lipinski definition) is 4. The van der Waals surface area contributed by atoms with Gasteiger partial charge < -0.3 is 9.84 Å². The average Bonchev–Trinajstić information content (AvgIpc) is 2.62. The first kappa shape index (κ1) is 10.1. The van der Waals surface area contributed by atoms with Gasteiger partial charge in [-0.3, -0.25) is 0 Å². The molecular formula is C8H15N3O2. The summed E-state index contributed by atoms with van der Waals surface area (Å²) >= 11 is 0. The van der Waals surface area contributed by atoms with Gasteiger partial charge in [0.1, 0.15) is 5.69 Å². The molecule has 0 aliphatic heterocycles. The summed E-state index contributed by atoms with van der Waals surface area (Å²) in [6, 6.07) is 0. The van der Waals surface area contributed by atoms with Gasteiger partial charge in [-0.15, -0.1) is 5.10 Å². The molecule has 1 unspecified atom stereocenters. The fourth-order valence-electron chi connectivity index (χ4n) is 0.969. The molecule has 1 heterocycles. The molecule has 0 aliphatic carbocycles.